The van der Waals surface area contributed by atoms with Crippen LogP contribution in [-0.2, 0) is 14.8 Å². The second-order valence-corrected chi connectivity index (χ2v) is 12.3. The minimum atomic E-state index is -3.79. The quantitative estimate of drug-likeness (QED) is 0.523. The molecule has 8 nitrogen and oxygen atoms in total. The maximum atomic E-state index is 13.5. The maximum Gasteiger partial charge on any atom is 0.248 e. The Balaban J connectivity index is 1.31. The van der Waals surface area contributed by atoms with Crippen LogP contribution in [0.4, 0.5) is 0 Å². The third kappa shape index (κ3) is 6.89. The van der Waals surface area contributed by atoms with Crippen LogP contribution in [0.15, 0.2) is 33.7 Å². The van der Waals surface area contributed by atoms with Gasteiger partial charge in [0.05, 0.1) is 0 Å². The molecular weight excluding hydrogens is 488 g/mol. The largest absolute Gasteiger partial charge is 0.355 e. The Morgan fingerprint density at radius 3 is 2.43 bits per heavy atom. The predicted octanol–water partition coefficient (Wildman–Crippen LogP) is 4.24. The molecule has 1 saturated heterocycles. The summed E-state index contributed by atoms with van der Waals surface area (Å²) in [6, 6.07) is 8.55. The SMILES string of the molecule is Cc1ccc(/C=C/c2onc(C)c2S(=O)(=O)N2CCC(C(=O)NCCN(C)C3CCCCC3)CC2)cc1. The molecule has 1 saturated carbocycles. The lowest BCUT2D eigenvalue weighted by atomic mass is 9.94. The van der Waals surface area contributed by atoms with E-state index in [-0.39, 0.29) is 22.5 Å². The number of benzene rings is 1. The molecule has 1 aromatic carbocycles. The third-order valence-corrected chi connectivity index (χ3v) is 9.78. The molecule has 9 heteroatoms. The number of hydrogen-bond acceptors (Lipinski definition) is 6. The van der Waals surface area contributed by atoms with Crippen LogP contribution < -0.4 is 5.32 Å². The number of nitrogens with one attached hydrogen (secondary N) is 1. The van der Waals surface area contributed by atoms with Gasteiger partial charge in [0, 0.05) is 38.1 Å². The number of likely N-dealkylation sites (N-methyl/N-ethyl adjacent to an activating group) is 1. The van der Waals surface area contributed by atoms with Crippen molar-refractivity contribution in [2.75, 3.05) is 33.2 Å². The van der Waals surface area contributed by atoms with Crippen molar-refractivity contribution < 1.29 is 17.7 Å². The molecule has 1 aliphatic carbocycles. The average Bonchev–Trinajstić information content (AvgIpc) is 3.29. The van der Waals surface area contributed by atoms with E-state index in [1.807, 2.05) is 37.3 Å². The van der Waals surface area contributed by atoms with Crippen molar-refractivity contribution in [1.29, 1.82) is 0 Å². The van der Waals surface area contributed by atoms with Crippen molar-refractivity contribution in [3.63, 3.8) is 0 Å². The standard InChI is InChI=1S/C28H40N4O4S/c1-21-9-11-23(12-10-21)13-14-26-27(22(2)30-36-26)37(34,35)32-18-15-24(16-19-32)28(33)29-17-20-31(3)25-7-5-4-6-8-25/h9-14,24-25H,4-8,15-20H2,1-3H3,(H,29,33)/b14-13+. The molecule has 1 N–H and O–H groups in total. The first kappa shape index (κ1) is 27.5. The van der Waals surface area contributed by atoms with Crippen molar-refractivity contribution in [2.24, 2.45) is 5.92 Å². The van der Waals surface area contributed by atoms with Gasteiger partial charge in [-0.05, 0) is 58.2 Å². The zero-order valence-electron chi connectivity index (χ0n) is 22.3. The van der Waals surface area contributed by atoms with Crippen LogP contribution in [0.2, 0.25) is 0 Å². The molecule has 0 spiro atoms. The van der Waals surface area contributed by atoms with Crippen LogP contribution in [0.1, 0.15) is 67.5 Å². The molecular formula is C28H40N4O4S. The topological polar surface area (TPSA) is 95.8 Å². The van der Waals surface area contributed by atoms with E-state index in [1.165, 1.54) is 36.4 Å². The summed E-state index contributed by atoms with van der Waals surface area (Å²) >= 11 is 0. The van der Waals surface area contributed by atoms with Gasteiger partial charge < -0.3 is 14.7 Å². The highest BCUT2D eigenvalue weighted by Gasteiger charge is 2.36. The summed E-state index contributed by atoms with van der Waals surface area (Å²) in [6.07, 6.45) is 10.9. The molecule has 4 rings (SSSR count). The molecule has 0 unspecified atom stereocenters. The number of hydrogen-bond donors (Lipinski definition) is 1. The van der Waals surface area contributed by atoms with Gasteiger partial charge in [-0.3, -0.25) is 4.79 Å². The molecule has 1 amide bonds. The van der Waals surface area contributed by atoms with Gasteiger partial charge in [-0.1, -0.05) is 60.3 Å². The highest BCUT2D eigenvalue weighted by molar-refractivity contribution is 7.89. The van der Waals surface area contributed by atoms with Crippen LogP contribution in [0.3, 0.4) is 0 Å². The first-order valence-electron chi connectivity index (χ1n) is 13.4. The number of aryl methyl sites for hydroxylation is 2. The molecule has 1 aromatic heterocycles. The normalized spacial score (nSPS) is 18.6. The summed E-state index contributed by atoms with van der Waals surface area (Å²) in [5, 5.41) is 7.00. The summed E-state index contributed by atoms with van der Waals surface area (Å²) < 4.78 is 33.8. The van der Waals surface area contributed by atoms with Crippen LogP contribution in [0, 0.1) is 19.8 Å². The molecule has 2 aromatic rings. The number of sulfonamides is 1. The first-order chi connectivity index (χ1) is 17.8. The Labute approximate surface area is 221 Å². The van der Waals surface area contributed by atoms with Crippen LogP contribution in [-0.4, -0.2) is 68.0 Å². The summed E-state index contributed by atoms with van der Waals surface area (Å²) in [5.41, 5.74) is 2.44. The minimum Gasteiger partial charge on any atom is -0.355 e. The number of carbonyl (C=O) groups excluding carboxylic acids is 1. The minimum absolute atomic E-state index is 0.0250. The lowest BCUT2D eigenvalue weighted by molar-refractivity contribution is -0.126. The van der Waals surface area contributed by atoms with E-state index in [1.54, 1.807) is 13.0 Å². The third-order valence-electron chi connectivity index (χ3n) is 7.72. The molecule has 0 bridgehead atoms. The van der Waals surface area contributed by atoms with E-state index in [2.05, 4.69) is 22.4 Å². The number of rotatable bonds is 9. The Hall–Kier alpha value is -2.49. The van der Waals surface area contributed by atoms with Gasteiger partial charge in [0.2, 0.25) is 15.9 Å². The van der Waals surface area contributed by atoms with Gasteiger partial charge >= 0.3 is 0 Å². The van der Waals surface area contributed by atoms with Gasteiger partial charge in [0.15, 0.2) is 10.7 Å². The maximum absolute atomic E-state index is 13.5. The van der Waals surface area contributed by atoms with E-state index in [0.717, 1.165) is 17.7 Å². The monoisotopic (exact) mass is 528 g/mol. The summed E-state index contributed by atoms with van der Waals surface area (Å²) in [6.45, 7) is 5.73. The van der Waals surface area contributed by atoms with Gasteiger partial charge in [-0.15, -0.1) is 0 Å². The highest BCUT2D eigenvalue weighted by atomic mass is 32.2. The van der Waals surface area contributed by atoms with Crippen molar-refractivity contribution in [2.45, 2.75) is 69.7 Å². The van der Waals surface area contributed by atoms with E-state index in [4.69, 9.17) is 4.52 Å². The molecule has 2 aliphatic rings. The molecule has 2 fully saturated rings. The predicted molar refractivity (Wildman–Crippen MR) is 145 cm³/mol. The molecule has 37 heavy (non-hydrogen) atoms. The summed E-state index contributed by atoms with van der Waals surface area (Å²) in [7, 11) is -1.65. The fraction of sp³-hybridized carbons (Fsp3) is 0.571. The van der Waals surface area contributed by atoms with Crippen molar-refractivity contribution in [3.8, 4) is 0 Å². The number of carbonyl (C=O) groups is 1. The van der Waals surface area contributed by atoms with Gasteiger partial charge in [-0.25, -0.2) is 8.42 Å². The smallest absolute Gasteiger partial charge is 0.248 e. The van der Waals surface area contributed by atoms with Crippen molar-refractivity contribution in [3.05, 3.63) is 46.8 Å². The van der Waals surface area contributed by atoms with Crippen LogP contribution in [0.5, 0.6) is 0 Å². The summed E-state index contributed by atoms with van der Waals surface area (Å²) in [4.78, 5) is 15.2. The van der Waals surface area contributed by atoms with E-state index in [9.17, 15) is 13.2 Å². The number of amides is 1. The Bertz CT molecular complexity index is 1180. The van der Waals surface area contributed by atoms with E-state index >= 15 is 0 Å². The second-order valence-electron chi connectivity index (χ2n) is 10.4. The molecule has 0 radical (unpaired) electrons. The lowest BCUT2D eigenvalue weighted by Crippen LogP contribution is -2.45. The first-order valence-corrected chi connectivity index (χ1v) is 14.9. The van der Waals surface area contributed by atoms with Crippen molar-refractivity contribution in [1.82, 2.24) is 19.7 Å². The van der Waals surface area contributed by atoms with Gasteiger partial charge in [0.25, 0.3) is 0 Å². The second kappa shape index (κ2) is 12.4. The highest BCUT2D eigenvalue weighted by Crippen LogP contribution is 2.29. The van der Waals surface area contributed by atoms with Gasteiger partial charge in [0.1, 0.15) is 5.69 Å². The average molecular weight is 529 g/mol. The van der Waals surface area contributed by atoms with Crippen molar-refractivity contribution >= 4 is 28.1 Å². The fourth-order valence-corrected chi connectivity index (χ4v) is 7.06. The zero-order chi connectivity index (χ0) is 26.4. The summed E-state index contributed by atoms with van der Waals surface area (Å²) in [5.74, 6) is 0.0768. The Kier molecular flexibility index (Phi) is 9.21. The Morgan fingerprint density at radius 2 is 1.76 bits per heavy atom. The Morgan fingerprint density at radius 1 is 1.08 bits per heavy atom. The molecule has 2 heterocycles. The molecule has 202 valence electrons. The number of piperidine rings is 1. The fourth-order valence-electron chi connectivity index (χ4n) is 5.34. The van der Waals surface area contributed by atoms with Crippen LogP contribution in [0.25, 0.3) is 12.2 Å². The van der Waals surface area contributed by atoms with E-state index < -0.39 is 10.0 Å². The van der Waals surface area contributed by atoms with Crippen LogP contribution >= 0.6 is 0 Å². The zero-order valence-corrected chi connectivity index (χ0v) is 23.1. The molecule has 0 atom stereocenters. The van der Waals surface area contributed by atoms with E-state index in [0.29, 0.717) is 44.2 Å². The van der Waals surface area contributed by atoms with Gasteiger partial charge in [-0.2, -0.15) is 4.31 Å². The lowest BCUT2D eigenvalue weighted by Gasteiger charge is -2.32. The molecule has 1 aliphatic heterocycles. The number of aromatic nitrogens is 1. The number of nitrogens with zero attached hydrogens (tertiary/aromatic N) is 3.